The van der Waals surface area contributed by atoms with Gasteiger partial charge < -0.3 is 10.1 Å². The third-order valence-corrected chi connectivity index (χ3v) is 3.06. The van der Waals surface area contributed by atoms with E-state index in [-0.39, 0.29) is 12.0 Å². The molecular formula is C15H17N3O2. The maximum atomic E-state index is 11.6. The van der Waals surface area contributed by atoms with E-state index in [1.807, 2.05) is 19.9 Å². The summed E-state index contributed by atoms with van der Waals surface area (Å²) in [6, 6.07) is 5.42. The lowest BCUT2D eigenvalue weighted by Gasteiger charge is -2.17. The predicted molar refractivity (Wildman–Crippen MR) is 76.6 cm³/mol. The molecule has 0 saturated heterocycles. The van der Waals surface area contributed by atoms with Gasteiger partial charge in [0.2, 0.25) is 0 Å². The Labute approximate surface area is 118 Å². The minimum Gasteiger partial charge on any atom is -0.465 e. The van der Waals surface area contributed by atoms with Crippen LogP contribution >= 0.6 is 0 Å². The molecule has 1 N–H and O–H groups in total. The predicted octanol–water partition coefficient (Wildman–Crippen LogP) is 2.74. The van der Waals surface area contributed by atoms with Gasteiger partial charge in [0.15, 0.2) is 0 Å². The number of nitrogens with zero attached hydrogens (tertiary/aromatic N) is 2. The molecule has 2 rings (SSSR count). The Morgan fingerprint density at radius 1 is 1.35 bits per heavy atom. The molecule has 1 heterocycles. The number of aromatic nitrogens is 2. The molecule has 1 atom stereocenters. The van der Waals surface area contributed by atoms with Crippen molar-refractivity contribution in [2.45, 2.75) is 19.9 Å². The molecule has 20 heavy (non-hydrogen) atoms. The minimum atomic E-state index is -0.347. The molecule has 0 fully saturated rings. The number of methoxy groups -OCH3 is 1. The van der Waals surface area contributed by atoms with Crippen LogP contribution in [0.4, 0.5) is 5.69 Å². The lowest BCUT2D eigenvalue weighted by molar-refractivity contribution is 0.0601. The highest BCUT2D eigenvalue weighted by Gasteiger charge is 2.11. The average molecular weight is 271 g/mol. The van der Waals surface area contributed by atoms with Gasteiger partial charge in [-0.2, -0.15) is 0 Å². The zero-order chi connectivity index (χ0) is 14.5. The van der Waals surface area contributed by atoms with Crippen molar-refractivity contribution in [2.75, 3.05) is 12.4 Å². The summed E-state index contributed by atoms with van der Waals surface area (Å²) in [7, 11) is 1.37. The Kier molecular flexibility index (Phi) is 4.30. The summed E-state index contributed by atoms with van der Waals surface area (Å²) in [5.41, 5.74) is 3.29. The van der Waals surface area contributed by atoms with Crippen LogP contribution in [0.3, 0.4) is 0 Å². The summed E-state index contributed by atoms with van der Waals surface area (Å²) < 4.78 is 4.73. The zero-order valence-corrected chi connectivity index (χ0v) is 11.8. The van der Waals surface area contributed by atoms with Crippen molar-refractivity contribution in [1.82, 2.24) is 9.97 Å². The first-order chi connectivity index (χ1) is 9.61. The number of carbonyl (C=O) groups is 1. The summed E-state index contributed by atoms with van der Waals surface area (Å²) in [6.07, 6.45) is 5.02. The molecule has 0 saturated carbocycles. The van der Waals surface area contributed by atoms with E-state index in [1.54, 1.807) is 30.7 Å². The van der Waals surface area contributed by atoms with Gasteiger partial charge in [-0.25, -0.2) is 4.79 Å². The van der Waals surface area contributed by atoms with E-state index in [0.29, 0.717) is 5.56 Å². The SMILES string of the molecule is COC(=O)c1ccc(C)c(NC(C)c2cnccn2)c1. The van der Waals surface area contributed by atoms with Crippen LogP contribution in [0.5, 0.6) is 0 Å². The van der Waals surface area contributed by atoms with Crippen molar-refractivity contribution in [3.8, 4) is 0 Å². The highest BCUT2D eigenvalue weighted by Crippen LogP contribution is 2.22. The van der Waals surface area contributed by atoms with Crippen molar-refractivity contribution >= 4 is 11.7 Å². The van der Waals surface area contributed by atoms with Crippen molar-refractivity contribution in [1.29, 1.82) is 0 Å². The highest BCUT2D eigenvalue weighted by atomic mass is 16.5. The Morgan fingerprint density at radius 3 is 2.80 bits per heavy atom. The number of carbonyl (C=O) groups excluding carboxylic acids is 1. The molecule has 1 aromatic heterocycles. The third-order valence-electron chi connectivity index (χ3n) is 3.06. The first-order valence-electron chi connectivity index (χ1n) is 6.33. The summed E-state index contributed by atoms with van der Waals surface area (Å²) in [5, 5.41) is 3.34. The molecule has 0 aliphatic rings. The fraction of sp³-hybridized carbons (Fsp3) is 0.267. The van der Waals surface area contributed by atoms with Gasteiger partial charge in [-0.15, -0.1) is 0 Å². The van der Waals surface area contributed by atoms with Crippen LogP contribution in [0, 0.1) is 6.92 Å². The van der Waals surface area contributed by atoms with E-state index in [1.165, 1.54) is 7.11 Å². The molecule has 5 heteroatoms. The number of hydrogen-bond donors (Lipinski definition) is 1. The topological polar surface area (TPSA) is 64.1 Å². The van der Waals surface area contributed by atoms with Gasteiger partial charge in [-0.05, 0) is 31.5 Å². The largest absolute Gasteiger partial charge is 0.465 e. The van der Waals surface area contributed by atoms with Crippen molar-refractivity contribution < 1.29 is 9.53 Å². The molecule has 0 aliphatic carbocycles. The molecule has 5 nitrogen and oxygen atoms in total. The molecule has 0 spiro atoms. The van der Waals surface area contributed by atoms with Crippen LogP contribution in [-0.4, -0.2) is 23.0 Å². The first kappa shape index (κ1) is 14.0. The van der Waals surface area contributed by atoms with E-state index in [9.17, 15) is 4.79 Å². The number of anilines is 1. The second-order valence-electron chi connectivity index (χ2n) is 4.52. The van der Waals surface area contributed by atoms with Crippen molar-refractivity contribution in [2.24, 2.45) is 0 Å². The van der Waals surface area contributed by atoms with Gasteiger partial charge in [0.25, 0.3) is 0 Å². The lowest BCUT2D eigenvalue weighted by Crippen LogP contribution is -2.11. The van der Waals surface area contributed by atoms with Gasteiger partial charge in [-0.1, -0.05) is 6.07 Å². The van der Waals surface area contributed by atoms with E-state index in [2.05, 4.69) is 15.3 Å². The summed E-state index contributed by atoms with van der Waals surface area (Å²) in [4.78, 5) is 19.9. The fourth-order valence-electron chi connectivity index (χ4n) is 1.86. The molecular weight excluding hydrogens is 254 g/mol. The normalized spacial score (nSPS) is 11.8. The molecule has 0 bridgehead atoms. The number of nitrogens with one attached hydrogen (secondary N) is 1. The van der Waals surface area contributed by atoms with E-state index < -0.39 is 0 Å². The van der Waals surface area contributed by atoms with Crippen LogP contribution in [-0.2, 0) is 4.74 Å². The molecule has 0 radical (unpaired) electrons. The second-order valence-corrected chi connectivity index (χ2v) is 4.52. The number of hydrogen-bond acceptors (Lipinski definition) is 5. The molecule has 104 valence electrons. The molecule has 1 unspecified atom stereocenters. The molecule has 0 aliphatic heterocycles. The maximum absolute atomic E-state index is 11.6. The zero-order valence-electron chi connectivity index (χ0n) is 11.8. The number of rotatable bonds is 4. The van der Waals surface area contributed by atoms with Gasteiger partial charge in [0.05, 0.1) is 30.6 Å². The monoisotopic (exact) mass is 271 g/mol. The Balaban J connectivity index is 2.22. The quantitative estimate of drug-likeness (QED) is 0.866. The van der Waals surface area contributed by atoms with Gasteiger partial charge >= 0.3 is 5.97 Å². The van der Waals surface area contributed by atoms with E-state index in [4.69, 9.17) is 4.74 Å². The lowest BCUT2D eigenvalue weighted by atomic mass is 10.1. The van der Waals surface area contributed by atoms with Crippen LogP contribution in [0.15, 0.2) is 36.8 Å². The van der Waals surface area contributed by atoms with Crippen LogP contribution in [0.2, 0.25) is 0 Å². The number of esters is 1. The highest BCUT2D eigenvalue weighted by molar-refractivity contribution is 5.90. The van der Waals surface area contributed by atoms with Gasteiger partial charge in [0, 0.05) is 18.1 Å². The Bertz CT molecular complexity index is 599. The van der Waals surface area contributed by atoms with Crippen LogP contribution < -0.4 is 5.32 Å². The van der Waals surface area contributed by atoms with Gasteiger partial charge in [0.1, 0.15) is 0 Å². The third kappa shape index (κ3) is 3.12. The molecule has 1 aromatic carbocycles. The minimum absolute atomic E-state index is 0.00435. The number of ether oxygens (including phenoxy) is 1. The Morgan fingerprint density at radius 2 is 2.15 bits per heavy atom. The fourth-order valence-corrected chi connectivity index (χ4v) is 1.86. The van der Waals surface area contributed by atoms with Crippen LogP contribution in [0.1, 0.15) is 34.6 Å². The van der Waals surface area contributed by atoms with E-state index in [0.717, 1.165) is 16.9 Å². The summed E-state index contributed by atoms with van der Waals surface area (Å²) in [5.74, 6) is -0.347. The average Bonchev–Trinajstić information content (AvgIpc) is 2.49. The summed E-state index contributed by atoms with van der Waals surface area (Å²) >= 11 is 0. The maximum Gasteiger partial charge on any atom is 0.337 e. The molecule has 0 amide bonds. The smallest absolute Gasteiger partial charge is 0.337 e. The van der Waals surface area contributed by atoms with Gasteiger partial charge in [-0.3, -0.25) is 9.97 Å². The van der Waals surface area contributed by atoms with E-state index >= 15 is 0 Å². The number of benzene rings is 1. The summed E-state index contributed by atoms with van der Waals surface area (Å²) in [6.45, 7) is 3.97. The van der Waals surface area contributed by atoms with Crippen LogP contribution in [0.25, 0.3) is 0 Å². The standard InChI is InChI=1S/C15H17N3O2/c1-10-4-5-12(15(19)20-3)8-13(10)18-11(2)14-9-16-6-7-17-14/h4-9,11,18H,1-3H3. The second kappa shape index (κ2) is 6.14. The Hall–Kier alpha value is -2.43. The van der Waals surface area contributed by atoms with Crippen molar-refractivity contribution in [3.05, 3.63) is 53.6 Å². The number of aryl methyl sites for hydroxylation is 1. The molecule has 2 aromatic rings. The van der Waals surface area contributed by atoms with Crippen molar-refractivity contribution in [3.63, 3.8) is 0 Å². The first-order valence-corrected chi connectivity index (χ1v) is 6.33.